The molecule has 2 aliphatic heterocycles. The topological polar surface area (TPSA) is 86.6 Å². The van der Waals surface area contributed by atoms with Crippen molar-refractivity contribution in [2.24, 2.45) is 0 Å². The van der Waals surface area contributed by atoms with E-state index in [1.165, 1.54) is 89.9 Å². The molecule has 2 rings (SSSR count). The van der Waals surface area contributed by atoms with Crippen molar-refractivity contribution in [3.05, 3.63) is 0 Å². The molecule has 7 nitrogen and oxygen atoms in total. The van der Waals surface area contributed by atoms with Gasteiger partial charge in [-0.05, 0) is 75.9 Å². The number of hydrogen-bond donors (Lipinski definition) is 2. The third kappa shape index (κ3) is 19.3. The van der Waals surface area contributed by atoms with Crippen molar-refractivity contribution in [3.63, 3.8) is 0 Å². The molecule has 2 heterocycles. The van der Waals surface area contributed by atoms with Gasteiger partial charge in [0.15, 0.2) is 8.32 Å². The molecule has 0 aromatic rings. The van der Waals surface area contributed by atoms with Crippen LogP contribution in [0.5, 0.6) is 0 Å². The fourth-order valence-corrected chi connectivity index (χ4v) is 8.55. The van der Waals surface area contributed by atoms with E-state index in [0.717, 1.165) is 77.2 Å². The Labute approximate surface area is 310 Å². The second-order valence-electron chi connectivity index (χ2n) is 17.3. The van der Waals surface area contributed by atoms with Crippen LogP contribution in [0.2, 0.25) is 18.1 Å². The van der Waals surface area contributed by atoms with E-state index in [-0.39, 0.29) is 47.8 Å². The van der Waals surface area contributed by atoms with Gasteiger partial charge in [-0.1, -0.05) is 130 Å². The molecule has 0 unspecified atom stereocenters. The molecule has 0 aliphatic carbocycles. The monoisotopic (exact) mass is 729 g/mol. The highest BCUT2D eigenvalue weighted by Crippen LogP contribution is 2.37. The van der Waals surface area contributed by atoms with E-state index in [1.54, 1.807) is 7.11 Å². The van der Waals surface area contributed by atoms with Gasteiger partial charge in [0.1, 0.15) is 6.79 Å². The van der Waals surface area contributed by atoms with Gasteiger partial charge < -0.3 is 33.6 Å². The molecule has 0 saturated carbocycles. The maximum atomic E-state index is 10.9. The average Bonchev–Trinajstić information content (AvgIpc) is 3.77. The van der Waals surface area contributed by atoms with Gasteiger partial charge in [0.05, 0.1) is 42.7 Å². The highest BCUT2D eigenvalue weighted by Gasteiger charge is 2.41. The molecule has 298 valence electrons. The van der Waals surface area contributed by atoms with Crippen LogP contribution in [0.15, 0.2) is 0 Å². The Kier molecular flexibility index (Phi) is 24.6. The molecular formula is C42H84O7Si. The first-order valence-electron chi connectivity index (χ1n) is 21.4. The Morgan fingerprint density at radius 3 is 1.48 bits per heavy atom. The predicted octanol–water partition coefficient (Wildman–Crippen LogP) is 11.0. The van der Waals surface area contributed by atoms with E-state index >= 15 is 0 Å². The van der Waals surface area contributed by atoms with Gasteiger partial charge in [-0.3, -0.25) is 0 Å². The van der Waals surface area contributed by atoms with Crippen molar-refractivity contribution in [2.45, 2.75) is 249 Å². The Balaban J connectivity index is 1.47. The summed E-state index contributed by atoms with van der Waals surface area (Å²) in [7, 11) is 0.0164. The van der Waals surface area contributed by atoms with E-state index in [2.05, 4.69) is 40.8 Å². The SMILES string of the molecule is CCCCCCCCCC[C@H](O)[C@H]1CC[C@H]([C@H]2CC[C@H]([C@H](O)CCCCCCCCCC[C@H](CCCO[Si](C)(C)C(C)(C)C)OCOC)O2)O1. The van der Waals surface area contributed by atoms with Gasteiger partial charge in [-0.15, -0.1) is 0 Å². The Morgan fingerprint density at radius 2 is 1.04 bits per heavy atom. The molecule has 50 heavy (non-hydrogen) atoms. The van der Waals surface area contributed by atoms with Crippen LogP contribution in [0.3, 0.4) is 0 Å². The van der Waals surface area contributed by atoms with Crippen molar-refractivity contribution >= 4 is 8.32 Å². The summed E-state index contributed by atoms with van der Waals surface area (Å²) in [4.78, 5) is 0. The lowest BCUT2D eigenvalue weighted by Crippen LogP contribution is -2.41. The van der Waals surface area contributed by atoms with Gasteiger partial charge in [0.25, 0.3) is 0 Å². The first-order valence-corrected chi connectivity index (χ1v) is 24.3. The molecule has 0 spiro atoms. The first kappa shape index (κ1) is 46.1. The molecule has 8 heteroatoms. The van der Waals surface area contributed by atoms with Gasteiger partial charge in [0, 0.05) is 13.7 Å². The minimum Gasteiger partial charge on any atom is -0.417 e. The van der Waals surface area contributed by atoms with E-state index < -0.39 is 8.32 Å². The fraction of sp³-hybridized carbons (Fsp3) is 1.00. The van der Waals surface area contributed by atoms with Crippen molar-refractivity contribution in [2.75, 3.05) is 20.5 Å². The van der Waals surface area contributed by atoms with E-state index in [0.29, 0.717) is 6.79 Å². The van der Waals surface area contributed by atoms with Gasteiger partial charge in [-0.2, -0.15) is 0 Å². The summed E-state index contributed by atoms with van der Waals surface area (Å²) in [5.74, 6) is 0. The number of aliphatic hydroxyl groups excluding tert-OH is 2. The highest BCUT2D eigenvalue weighted by atomic mass is 28.4. The number of ether oxygens (including phenoxy) is 4. The minimum absolute atomic E-state index is 0.0492. The zero-order chi connectivity index (χ0) is 36.7. The molecule has 2 fully saturated rings. The third-order valence-corrected chi connectivity index (χ3v) is 16.5. The second kappa shape index (κ2) is 26.7. The standard InChI is InChI=1S/C42H84O7Si/c1-8-9-10-11-12-16-19-22-27-36(43)38-29-31-40(48-38)41-32-30-39(49-41)37(44)28-23-20-17-14-13-15-18-21-25-35(46-34-45-5)26-24-33-47-50(6,7)42(2,3)4/h35-41,43-44H,8-34H2,1-7H3/t35-,36+,37-,38-,39-,40-,41-/m1/s1. The molecule has 0 bridgehead atoms. The summed E-state index contributed by atoms with van der Waals surface area (Å²) in [6.45, 7) is 15.0. The third-order valence-electron chi connectivity index (χ3n) is 11.9. The number of unbranched alkanes of at least 4 members (excludes halogenated alkanes) is 14. The second-order valence-corrected chi connectivity index (χ2v) is 22.1. The van der Waals surface area contributed by atoms with Crippen molar-refractivity contribution in [3.8, 4) is 0 Å². The van der Waals surface area contributed by atoms with Crippen LogP contribution in [-0.4, -0.2) is 81.8 Å². The lowest BCUT2D eigenvalue weighted by molar-refractivity contribution is -0.110. The van der Waals surface area contributed by atoms with E-state index in [4.69, 9.17) is 23.4 Å². The summed E-state index contributed by atoms with van der Waals surface area (Å²) in [6, 6.07) is 0. The molecule has 0 aromatic heterocycles. The minimum atomic E-state index is -1.68. The van der Waals surface area contributed by atoms with Crippen LogP contribution in [0.1, 0.15) is 188 Å². The van der Waals surface area contributed by atoms with Gasteiger partial charge in [-0.25, -0.2) is 0 Å². The van der Waals surface area contributed by atoms with Gasteiger partial charge in [0.2, 0.25) is 0 Å². The molecule has 2 aliphatic rings. The summed E-state index contributed by atoms with van der Waals surface area (Å²) in [6.07, 6.45) is 28.2. The van der Waals surface area contributed by atoms with Crippen molar-refractivity contribution in [1.29, 1.82) is 0 Å². The molecule has 7 atom stereocenters. The molecule has 0 aromatic carbocycles. The van der Waals surface area contributed by atoms with E-state index in [9.17, 15) is 10.2 Å². The highest BCUT2D eigenvalue weighted by molar-refractivity contribution is 6.74. The van der Waals surface area contributed by atoms with Gasteiger partial charge >= 0.3 is 0 Å². The predicted molar refractivity (Wildman–Crippen MR) is 210 cm³/mol. The summed E-state index contributed by atoms with van der Waals surface area (Å²) in [5.41, 5.74) is 0. The quantitative estimate of drug-likeness (QED) is 0.0417. The van der Waals surface area contributed by atoms with Crippen LogP contribution in [-0.2, 0) is 23.4 Å². The molecule has 0 amide bonds. The first-order chi connectivity index (χ1) is 24.0. The molecule has 2 saturated heterocycles. The zero-order valence-corrected chi connectivity index (χ0v) is 35.1. The summed E-state index contributed by atoms with van der Waals surface area (Å²) < 4.78 is 30.2. The maximum Gasteiger partial charge on any atom is 0.191 e. The van der Waals surface area contributed by atoms with Crippen molar-refractivity contribution < 1.29 is 33.6 Å². The molecule has 2 N–H and O–H groups in total. The Morgan fingerprint density at radius 1 is 0.620 bits per heavy atom. The largest absolute Gasteiger partial charge is 0.417 e. The molecule has 0 radical (unpaired) electrons. The van der Waals surface area contributed by atoms with Crippen LogP contribution >= 0.6 is 0 Å². The summed E-state index contributed by atoms with van der Waals surface area (Å²) in [5, 5.41) is 21.8. The Hall–Kier alpha value is -0.0631. The van der Waals surface area contributed by atoms with Crippen LogP contribution in [0.4, 0.5) is 0 Å². The fourth-order valence-electron chi connectivity index (χ4n) is 7.47. The lowest BCUT2D eigenvalue weighted by Gasteiger charge is -2.36. The van der Waals surface area contributed by atoms with Crippen molar-refractivity contribution in [1.82, 2.24) is 0 Å². The summed E-state index contributed by atoms with van der Waals surface area (Å²) >= 11 is 0. The smallest absolute Gasteiger partial charge is 0.191 e. The van der Waals surface area contributed by atoms with Crippen LogP contribution in [0.25, 0.3) is 0 Å². The Bertz CT molecular complexity index is 805. The number of rotatable bonds is 31. The lowest BCUT2D eigenvalue weighted by atomic mass is 10.00. The average molecular weight is 729 g/mol. The number of methoxy groups -OCH3 is 1. The number of hydrogen-bond acceptors (Lipinski definition) is 7. The zero-order valence-electron chi connectivity index (χ0n) is 34.1. The van der Waals surface area contributed by atoms with Crippen LogP contribution < -0.4 is 0 Å². The normalized spacial score (nSPS) is 23.5. The molecular weight excluding hydrogens is 645 g/mol. The van der Waals surface area contributed by atoms with Crippen LogP contribution in [0, 0.1) is 0 Å². The maximum absolute atomic E-state index is 10.9. The van der Waals surface area contributed by atoms with E-state index in [1.807, 2.05) is 0 Å². The number of aliphatic hydroxyl groups is 2.